The summed E-state index contributed by atoms with van der Waals surface area (Å²) in [6.45, 7) is 5.55. The monoisotopic (exact) mass is 395 g/mol. The van der Waals surface area contributed by atoms with Gasteiger partial charge in [0.1, 0.15) is 0 Å². The molecular formula is C24H29NO4. The van der Waals surface area contributed by atoms with Crippen molar-refractivity contribution in [1.29, 1.82) is 0 Å². The smallest absolute Gasteiger partial charge is 0.196 e. The van der Waals surface area contributed by atoms with Crippen molar-refractivity contribution in [2.45, 2.75) is 52.4 Å². The number of phenolic OH excluding ortho intramolecular Hbond substituents is 2. The van der Waals surface area contributed by atoms with Crippen molar-refractivity contribution in [3.05, 3.63) is 52.6 Å². The Kier molecular flexibility index (Phi) is 6.57. The number of unbranched alkanes of at least 4 members (excludes halogenated alkanes) is 4. The molecule has 0 amide bonds. The van der Waals surface area contributed by atoms with Crippen LogP contribution in [-0.4, -0.2) is 34.9 Å². The molecule has 1 aliphatic rings. The Balaban J connectivity index is 2.13. The molecule has 0 spiro atoms. The Labute approximate surface area is 172 Å². The number of carbonyl (C=O) groups excluding carboxylic acids is 2. The van der Waals surface area contributed by atoms with Crippen LogP contribution in [0, 0.1) is 0 Å². The van der Waals surface area contributed by atoms with Crippen LogP contribution >= 0.6 is 0 Å². The van der Waals surface area contributed by atoms with Crippen molar-refractivity contribution in [3.8, 4) is 11.5 Å². The van der Waals surface area contributed by atoms with E-state index in [1.54, 1.807) is 24.3 Å². The predicted octanol–water partition coefficient (Wildman–Crippen LogP) is 5.06. The Bertz CT molecular complexity index is 909. The van der Waals surface area contributed by atoms with Gasteiger partial charge in [0.05, 0.1) is 11.3 Å². The molecule has 2 N–H and O–H groups in total. The summed E-state index contributed by atoms with van der Waals surface area (Å²) in [4.78, 5) is 28.4. The molecule has 0 atom stereocenters. The average Bonchev–Trinajstić information content (AvgIpc) is 2.73. The third-order valence-corrected chi connectivity index (χ3v) is 5.52. The molecule has 1 aliphatic carbocycles. The topological polar surface area (TPSA) is 77.8 Å². The van der Waals surface area contributed by atoms with Crippen LogP contribution in [0.1, 0.15) is 84.2 Å². The van der Waals surface area contributed by atoms with Gasteiger partial charge in [-0.3, -0.25) is 9.59 Å². The first-order valence-corrected chi connectivity index (χ1v) is 10.5. The molecule has 0 radical (unpaired) electrons. The molecule has 0 heterocycles. The molecule has 5 nitrogen and oxygen atoms in total. The zero-order chi connectivity index (χ0) is 21.0. The van der Waals surface area contributed by atoms with E-state index in [9.17, 15) is 19.8 Å². The standard InChI is InChI=1S/C24H29NO4/c1-3-5-9-13-25(14-10-6-4-2)21-20-18(15-19(26)24(21)29)22(27)16-11-7-8-12-17(16)23(20)28/h7-8,11-12,15,26,29H,3-6,9-10,13-14H2,1-2H3. The van der Waals surface area contributed by atoms with E-state index >= 15 is 0 Å². The Hall–Kier alpha value is -2.82. The van der Waals surface area contributed by atoms with E-state index in [2.05, 4.69) is 13.8 Å². The normalized spacial score (nSPS) is 12.6. The molecule has 29 heavy (non-hydrogen) atoms. The summed E-state index contributed by atoms with van der Waals surface area (Å²) in [5, 5.41) is 21.1. The van der Waals surface area contributed by atoms with Gasteiger partial charge in [0.25, 0.3) is 0 Å². The Morgan fingerprint density at radius 2 is 1.34 bits per heavy atom. The molecule has 0 bridgehead atoms. The molecule has 0 unspecified atom stereocenters. The lowest BCUT2D eigenvalue weighted by molar-refractivity contribution is 0.0979. The first kappa shape index (κ1) is 20.9. The zero-order valence-electron chi connectivity index (χ0n) is 17.2. The average molecular weight is 395 g/mol. The highest BCUT2D eigenvalue weighted by Crippen LogP contribution is 2.45. The second-order valence-corrected chi connectivity index (χ2v) is 7.62. The summed E-state index contributed by atoms with van der Waals surface area (Å²) < 4.78 is 0. The van der Waals surface area contributed by atoms with Crippen LogP contribution in [-0.2, 0) is 0 Å². The highest BCUT2D eigenvalue weighted by Gasteiger charge is 2.35. The number of rotatable bonds is 9. The van der Waals surface area contributed by atoms with Crippen molar-refractivity contribution in [3.63, 3.8) is 0 Å². The second-order valence-electron chi connectivity index (χ2n) is 7.62. The van der Waals surface area contributed by atoms with E-state index in [0.717, 1.165) is 38.5 Å². The number of fused-ring (bicyclic) bond motifs is 2. The van der Waals surface area contributed by atoms with Crippen LogP contribution in [0.15, 0.2) is 30.3 Å². The quantitative estimate of drug-likeness (QED) is 0.391. The largest absolute Gasteiger partial charge is 0.504 e. The van der Waals surface area contributed by atoms with Crippen LogP contribution < -0.4 is 4.90 Å². The number of anilines is 1. The highest BCUT2D eigenvalue weighted by molar-refractivity contribution is 6.30. The van der Waals surface area contributed by atoms with E-state index in [4.69, 9.17) is 0 Å². The van der Waals surface area contributed by atoms with Gasteiger partial charge in [-0.25, -0.2) is 0 Å². The maximum absolute atomic E-state index is 13.3. The van der Waals surface area contributed by atoms with Crippen LogP contribution in [0.2, 0.25) is 0 Å². The number of hydrogen-bond donors (Lipinski definition) is 2. The lowest BCUT2D eigenvalue weighted by atomic mass is 9.82. The van der Waals surface area contributed by atoms with Crippen molar-refractivity contribution < 1.29 is 19.8 Å². The van der Waals surface area contributed by atoms with Gasteiger partial charge in [0.15, 0.2) is 23.1 Å². The Morgan fingerprint density at radius 1 is 0.793 bits per heavy atom. The van der Waals surface area contributed by atoms with E-state index in [1.165, 1.54) is 6.07 Å². The first-order valence-electron chi connectivity index (χ1n) is 10.5. The van der Waals surface area contributed by atoms with Crippen molar-refractivity contribution in [2.24, 2.45) is 0 Å². The van der Waals surface area contributed by atoms with E-state index in [0.29, 0.717) is 29.9 Å². The molecule has 0 saturated carbocycles. The summed E-state index contributed by atoms with van der Waals surface area (Å²) >= 11 is 0. The van der Waals surface area contributed by atoms with E-state index in [1.807, 2.05) is 4.90 Å². The summed E-state index contributed by atoms with van der Waals surface area (Å²) in [6, 6.07) is 7.95. The molecular weight excluding hydrogens is 366 g/mol. The van der Waals surface area contributed by atoms with Gasteiger partial charge >= 0.3 is 0 Å². The summed E-state index contributed by atoms with van der Waals surface area (Å²) in [5.41, 5.74) is 1.34. The summed E-state index contributed by atoms with van der Waals surface area (Å²) in [7, 11) is 0. The maximum atomic E-state index is 13.3. The van der Waals surface area contributed by atoms with Gasteiger partial charge in [-0.05, 0) is 18.9 Å². The van der Waals surface area contributed by atoms with Gasteiger partial charge in [-0.15, -0.1) is 0 Å². The molecule has 0 aliphatic heterocycles. The molecule has 154 valence electrons. The number of carbonyl (C=O) groups is 2. The highest BCUT2D eigenvalue weighted by atomic mass is 16.3. The minimum absolute atomic E-state index is 0.162. The van der Waals surface area contributed by atoms with Crippen LogP contribution in [0.25, 0.3) is 0 Å². The first-order chi connectivity index (χ1) is 14.0. The van der Waals surface area contributed by atoms with Crippen LogP contribution in [0.4, 0.5) is 5.69 Å². The van der Waals surface area contributed by atoms with Crippen molar-refractivity contribution in [2.75, 3.05) is 18.0 Å². The molecule has 5 heteroatoms. The van der Waals surface area contributed by atoms with Gasteiger partial charge in [-0.1, -0.05) is 63.8 Å². The SMILES string of the molecule is CCCCCN(CCCCC)c1c(O)c(O)cc2c1C(=O)c1ccccc1C2=O. The number of ketones is 2. The van der Waals surface area contributed by atoms with Gasteiger partial charge in [0, 0.05) is 29.8 Å². The van der Waals surface area contributed by atoms with E-state index < -0.39 is 0 Å². The molecule has 3 rings (SSSR count). The van der Waals surface area contributed by atoms with Crippen molar-refractivity contribution >= 4 is 17.3 Å². The zero-order valence-corrected chi connectivity index (χ0v) is 17.2. The summed E-state index contributed by atoms with van der Waals surface area (Å²) in [5.74, 6) is -1.27. The third-order valence-electron chi connectivity index (χ3n) is 5.52. The van der Waals surface area contributed by atoms with Gasteiger partial charge < -0.3 is 15.1 Å². The predicted molar refractivity (Wildman–Crippen MR) is 114 cm³/mol. The molecule has 0 aromatic heterocycles. The second kappa shape index (κ2) is 9.12. The maximum Gasteiger partial charge on any atom is 0.196 e. The van der Waals surface area contributed by atoms with Crippen molar-refractivity contribution in [1.82, 2.24) is 0 Å². The summed E-state index contributed by atoms with van der Waals surface area (Å²) in [6.07, 6.45) is 5.98. The van der Waals surface area contributed by atoms with Gasteiger partial charge in [0.2, 0.25) is 0 Å². The third kappa shape index (κ3) is 4.00. The van der Waals surface area contributed by atoms with Crippen LogP contribution in [0.5, 0.6) is 11.5 Å². The molecule has 2 aromatic carbocycles. The minimum Gasteiger partial charge on any atom is -0.504 e. The molecule has 0 fully saturated rings. The van der Waals surface area contributed by atoms with Gasteiger partial charge in [-0.2, -0.15) is 0 Å². The number of hydrogen-bond acceptors (Lipinski definition) is 5. The number of phenols is 2. The number of nitrogens with zero attached hydrogens (tertiary/aromatic N) is 1. The fourth-order valence-corrected chi connectivity index (χ4v) is 3.96. The Morgan fingerprint density at radius 3 is 1.90 bits per heavy atom. The molecule has 0 saturated heterocycles. The lowest BCUT2D eigenvalue weighted by Gasteiger charge is -2.30. The lowest BCUT2D eigenvalue weighted by Crippen LogP contribution is -2.30. The fourth-order valence-electron chi connectivity index (χ4n) is 3.96. The minimum atomic E-state index is -0.365. The molecule has 2 aromatic rings. The number of benzene rings is 2. The van der Waals surface area contributed by atoms with E-state index in [-0.39, 0.29) is 34.2 Å². The van der Waals surface area contributed by atoms with Crippen LogP contribution in [0.3, 0.4) is 0 Å². The number of aromatic hydroxyl groups is 2. The fraction of sp³-hybridized carbons (Fsp3) is 0.417.